The molecule has 0 aliphatic carbocycles. The number of hydrogen-bond acceptors (Lipinski definition) is 1. The Morgan fingerprint density at radius 3 is 2.62 bits per heavy atom. The fourth-order valence-corrected chi connectivity index (χ4v) is 0.778. The van der Waals surface area contributed by atoms with E-state index in [1.165, 1.54) is 0 Å². The summed E-state index contributed by atoms with van der Waals surface area (Å²) in [6, 6.07) is 0. The quantitative estimate of drug-likeness (QED) is 0.528. The molecule has 0 saturated carbocycles. The van der Waals surface area contributed by atoms with Crippen LogP contribution in [0.4, 0.5) is 4.39 Å². The van der Waals surface area contributed by atoms with Gasteiger partial charge in [0.25, 0.3) is 0 Å². The molecule has 0 aromatic heterocycles. The Labute approximate surface area is 49.5 Å². The predicted octanol–water partition coefficient (Wildman–Crippen LogP) is 0.866. The highest BCUT2D eigenvalue weighted by atomic mass is 19.1. The van der Waals surface area contributed by atoms with Crippen molar-refractivity contribution < 1.29 is 4.39 Å². The minimum Gasteiger partial charge on any atom is -0.303 e. The summed E-state index contributed by atoms with van der Waals surface area (Å²) in [5.74, 6) is 0. The zero-order valence-electron chi connectivity index (χ0n) is 4.94. The summed E-state index contributed by atoms with van der Waals surface area (Å²) in [4.78, 5) is 2.22. The lowest BCUT2D eigenvalue weighted by atomic mass is 10.2. The highest BCUT2D eigenvalue weighted by molar-refractivity contribution is 4.85. The van der Waals surface area contributed by atoms with E-state index in [4.69, 9.17) is 0 Å². The monoisotopic (exact) mass is 116 g/mol. The molecule has 0 aromatic rings. The van der Waals surface area contributed by atoms with E-state index in [0.29, 0.717) is 6.42 Å². The van der Waals surface area contributed by atoms with Crippen LogP contribution in [0.1, 0.15) is 6.42 Å². The van der Waals surface area contributed by atoms with Crippen LogP contribution in [0.2, 0.25) is 0 Å². The van der Waals surface area contributed by atoms with Gasteiger partial charge >= 0.3 is 0 Å². The molecule has 8 heavy (non-hydrogen) atoms. The molecule has 1 aliphatic heterocycles. The molecule has 0 aromatic carbocycles. The van der Waals surface area contributed by atoms with Crippen molar-refractivity contribution in [3.05, 3.63) is 6.42 Å². The fraction of sp³-hybridized carbons (Fsp3) is 0.833. The third-order valence-corrected chi connectivity index (χ3v) is 1.38. The summed E-state index contributed by atoms with van der Waals surface area (Å²) in [6.07, 6.45) is 2.89. The number of alkyl halides is 1. The maximum Gasteiger partial charge on any atom is 0.0906 e. The summed E-state index contributed by atoms with van der Waals surface area (Å²) >= 11 is 0. The van der Waals surface area contributed by atoms with E-state index in [0.717, 1.165) is 19.6 Å². The molecule has 0 atom stereocenters. The molecule has 0 bridgehead atoms. The molecule has 1 radical (unpaired) electrons. The van der Waals surface area contributed by atoms with Gasteiger partial charge in [0.15, 0.2) is 0 Å². The van der Waals surface area contributed by atoms with Crippen LogP contribution in [0.25, 0.3) is 0 Å². The maximum atomic E-state index is 11.5. The second kappa shape index (κ2) is 3.02. The molecule has 1 aliphatic rings. The predicted molar refractivity (Wildman–Crippen MR) is 31.3 cm³/mol. The van der Waals surface area contributed by atoms with Crippen molar-refractivity contribution in [2.75, 3.05) is 26.3 Å². The molecule has 0 amide bonds. The Kier molecular flexibility index (Phi) is 2.27. The Balaban J connectivity index is 1.86. The average molecular weight is 116 g/mol. The van der Waals surface area contributed by atoms with Gasteiger partial charge in [-0.15, -0.1) is 0 Å². The van der Waals surface area contributed by atoms with Crippen molar-refractivity contribution >= 4 is 0 Å². The van der Waals surface area contributed by atoms with E-state index >= 15 is 0 Å². The second-order valence-electron chi connectivity index (χ2n) is 2.09. The normalized spacial score (nSPS) is 20.6. The third kappa shape index (κ3) is 1.44. The van der Waals surface area contributed by atoms with Crippen LogP contribution in [0, 0.1) is 6.42 Å². The van der Waals surface area contributed by atoms with Gasteiger partial charge in [0.05, 0.1) is 6.67 Å². The van der Waals surface area contributed by atoms with E-state index < -0.39 is 0 Å². The second-order valence-corrected chi connectivity index (χ2v) is 2.09. The molecule has 1 fully saturated rings. The van der Waals surface area contributed by atoms with Gasteiger partial charge in [0, 0.05) is 19.6 Å². The first-order valence-electron chi connectivity index (χ1n) is 3.03. The number of nitrogens with zero attached hydrogens (tertiary/aromatic N) is 1. The lowest BCUT2D eigenvalue weighted by Gasteiger charge is -2.29. The summed E-state index contributed by atoms with van der Waals surface area (Å²) in [5.41, 5.74) is 0. The van der Waals surface area contributed by atoms with Crippen molar-refractivity contribution in [1.29, 1.82) is 0 Å². The van der Waals surface area contributed by atoms with Crippen LogP contribution in [0.15, 0.2) is 0 Å². The lowest BCUT2D eigenvalue weighted by Crippen LogP contribution is -2.38. The zero-order valence-corrected chi connectivity index (χ0v) is 4.94. The van der Waals surface area contributed by atoms with E-state index in [2.05, 4.69) is 11.3 Å². The molecule has 1 nitrogen and oxygen atoms in total. The Bertz CT molecular complexity index is 61.5. The lowest BCUT2D eigenvalue weighted by molar-refractivity contribution is 0.231. The maximum absolute atomic E-state index is 11.5. The molecule has 0 unspecified atom stereocenters. The van der Waals surface area contributed by atoms with Crippen molar-refractivity contribution in [3.8, 4) is 0 Å². The Morgan fingerprint density at radius 2 is 2.25 bits per heavy atom. The minimum atomic E-state index is -0.170. The zero-order chi connectivity index (χ0) is 5.82. The summed E-state index contributed by atoms with van der Waals surface area (Å²) < 4.78 is 11.5. The first-order chi connectivity index (χ1) is 3.93. The van der Waals surface area contributed by atoms with E-state index in [9.17, 15) is 4.39 Å². The van der Waals surface area contributed by atoms with Crippen LogP contribution in [-0.2, 0) is 0 Å². The molecule has 47 valence electrons. The summed E-state index contributed by atoms with van der Waals surface area (Å²) in [5, 5.41) is 0. The molecular formula is C6H11FN. The van der Waals surface area contributed by atoms with E-state index in [1.54, 1.807) is 0 Å². The SMILES string of the molecule is FCCCN1C[CH]C1. The number of hydrogen-bond donors (Lipinski definition) is 0. The van der Waals surface area contributed by atoms with Gasteiger partial charge in [-0.25, -0.2) is 0 Å². The molecule has 2 heteroatoms. The van der Waals surface area contributed by atoms with Crippen LogP contribution in [0.5, 0.6) is 0 Å². The van der Waals surface area contributed by atoms with Gasteiger partial charge in [-0.1, -0.05) is 0 Å². The van der Waals surface area contributed by atoms with Crippen molar-refractivity contribution in [2.45, 2.75) is 6.42 Å². The standard InChI is InChI=1S/C6H11FN/c7-3-1-4-8-5-2-6-8/h2H,1,3-6H2. The van der Waals surface area contributed by atoms with Crippen molar-refractivity contribution in [2.24, 2.45) is 0 Å². The van der Waals surface area contributed by atoms with Gasteiger partial charge in [-0.3, -0.25) is 4.39 Å². The highest BCUT2D eigenvalue weighted by Crippen LogP contribution is 2.03. The van der Waals surface area contributed by atoms with Gasteiger partial charge < -0.3 is 4.90 Å². The number of rotatable bonds is 3. The van der Waals surface area contributed by atoms with Crippen LogP contribution >= 0.6 is 0 Å². The van der Waals surface area contributed by atoms with Crippen molar-refractivity contribution in [1.82, 2.24) is 4.90 Å². The summed E-state index contributed by atoms with van der Waals surface area (Å²) in [7, 11) is 0. The van der Waals surface area contributed by atoms with E-state index in [-0.39, 0.29) is 6.67 Å². The van der Waals surface area contributed by atoms with Crippen LogP contribution in [-0.4, -0.2) is 31.2 Å². The largest absolute Gasteiger partial charge is 0.303 e. The highest BCUT2D eigenvalue weighted by Gasteiger charge is 2.11. The Hall–Kier alpha value is -0.110. The van der Waals surface area contributed by atoms with Crippen LogP contribution < -0.4 is 0 Å². The number of halogens is 1. The molecular weight excluding hydrogens is 105 g/mol. The smallest absolute Gasteiger partial charge is 0.0906 e. The first kappa shape index (κ1) is 6.02. The average Bonchev–Trinajstić information content (AvgIpc) is 1.63. The molecule has 1 rings (SSSR count). The summed E-state index contributed by atoms with van der Waals surface area (Å²) in [6.45, 7) is 2.91. The molecule has 0 spiro atoms. The minimum absolute atomic E-state index is 0.170. The molecule has 0 N–H and O–H groups in total. The Morgan fingerprint density at radius 1 is 1.50 bits per heavy atom. The first-order valence-corrected chi connectivity index (χ1v) is 3.03. The molecule has 1 heterocycles. The van der Waals surface area contributed by atoms with Crippen molar-refractivity contribution in [3.63, 3.8) is 0 Å². The van der Waals surface area contributed by atoms with Gasteiger partial charge in [-0.05, 0) is 12.8 Å². The van der Waals surface area contributed by atoms with Gasteiger partial charge in [0.1, 0.15) is 0 Å². The van der Waals surface area contributed by atoms with Crippen LogP contribution in [0.3, 0.4) is 0 Å². The molecule has 1 saturated heterocycles. The fourth-order valence-electron chi connectivity index (χ4n) is 0.778. The van der Waals surface area contributed by atoms with E-state index in [1.807, 2.05) is 0 Å². The third-order valence-electron chi connectivity index (χ3n) is 1.38. The van der Waals surface area contributed by atoms with Gasteiger partial charge in [-0.2, -0.15) is 0 Å². The topological polar surface area (TPSA) is 3.24 Å². The number of likely N-dealkylation sites (tertiary alicyclic amines) is 1. The van der Waals surface area contributed by atoms with Gasteiger partial charge in [0.2, 0.25) is 0 Å².